The van der Waals surface area contributed by atoms with Gasteiger partial charge in [0, 0.05) is 17.6 Å². The Balaban J connectivity index is 1.96. The van der Waals surface area contributed by atoms with E-state index in [0.717, 1.165) is 16.1 Å². The summed E-state index contributed by atoms with van der Waals surface area (Å²) < 4.78 is 0. The van der Waals surface area contributed by atoms with Gasteiger partial charge in [0.15, 0.2) is 0 Å². The van der Waals surface area contributed by atoms with E-state index in [4.69, 9.17) is 0 Å². The molecule has 0 saturated heterocycles. The minimum absolute atomic E-state index is 0.117. The number of carbonyl (C=O) groups is 1. The lowest BCUT2D eigenvalue weighted by atomic mass is 10.2. The molecule has 1 heterocycles. The van der Waals surface area contributed by atoms with Crippen molar-refractivity contribution in [3.05, 3.63) is 60.2 Å². The van der Waals surface area contributed by atoms with Gasteiger partial charge in [-0.2, -0.15) is 0 Å². The molecule has 18 heavy (non-hydrogen) atoms. The summed E-state index contributed by atoms with van der Waals surface area (Å²) in [7, 11) is 1.84. The van der Waals surface area contributed by atoms with Crippen molar-refractivity contribution in [3.8, 4) is 0 Å². The predicted molar refractivity (Wildman–Crippen MR) is 74.9 cm³/mol. The van der Waals surface area contributed by atoms with E-state index < -0.39 is 0 Å². The zero-order valence-electron chi connectivity index (χ0n) is 10.0. The van der Waals surface area contributed by atoms with Crippen LogP contribution in [0.1, 0.15) is 10.8 Å². The maximum absolute atomic E-state index is 12.3. The van der Waals surface area contributed by atoms with E-state index >= 15 is 0 Å². The number of anilines is 1. The first-order valence-electron chi connectivity index (χ1n) is 5.85. The van der Waals surface area contributed by atoms with Gasteiger partial charge in [0.1, 0.15) is 5.25 Å². The van der Waals surface area contributed by atoms with Gasteiger partial charge in [0.2, 0.25) is 5.91 Å². The summed E-state index contributed by atoms with van der Waals surface area (Å²) in [5, 5.41) is -0.117. The Morgan fingerprint density at radius 1 is 1.00 bits per heavy atom. The maximum Gasteiger partial charge on any atom is 0.244 e. The molecule has 2 nitrogen and oxygen atoms in total. The van der Waals surface area contributed by atoms with E-state index in [9.17, 15) is 4.79 Å². The molecule has 3 rings (SSSR count). The van der Waals surface area contributed by atoms with Crippen LogP contribution in [0.25, 0.3) is 0 Å². The summed E-state index contributed by atoms with van der Waals surface area (Å²) in [6, 6.07) is 18.1. The van der Waals surface area contributed by atoms with Crippen molar-refractivity contribution in [2.24, 2.45) is 0 Å². The second-order valence-corrected chi connectivity index (χ2v) is 5.45. The highest BCUT2D eigenvalue weighted by molar-refractivity contribution is 8.00. The molecular formula is C15H13NOS. The van der Waals surface area contributed by atoms with E-state index in [2.05, 4.69) is 0 Å². The Bertz CT molecular complexity index is 582. The second-order valence-electron chi connectivity index (χ2n) is 4.27. The fraction of sp³-hybridized carbons (Fsp3) is 0.133. The summed E-state index contributed by atoms with van der Waals surface area (Å²) in [6.45, 7) is 0. The van der Waals surface area contributed by atoms with Crippen LogP contribution in [0.5, 0.6) is 0 Å². The number of benzene rings is 2. The van der Waals surface area contributed by atoms with E-state index in [1.807, 2.05) is 61.6 Å². The Morgan fingerprint density at radius 2 is 1.67 bits per heavy atom. The normalized spacial score (nSPS) is 17.9. The molecule has 1 aliphatic rings. The molecule has 0 bridgehead atoms. The molecule has 1 unspecified atom stereocenters. The van der Waals surface area contributed by atoms with Gasteiger partial charge in [-0.05, 0) is 23.8 Å². The average molecular weight is 255 g/mol. The number of hydrogen-bond acceptors (Lipinski definition) is 2. The SMILES string of the molecule is CN1C(=O)C(Sc2ccccc2)c2ccccc21. The number of fused-ring (bicyclic) bond motifs is 1. The van der Waals surface area contributed by atoms with Crippen LogP contribution in [0.2, 0.25) is 0 Å². The minimum atomic E-state index is -0.117. The van der Waals surface area contributed by atoms with Crippen molar-refractivity contribution >= 4 is 23.4 Å². The maximum atomic E-state index is 12.3. The van der Waals surface area contributed by atoms with Gasteiger partial charge in [-0.1, -0.05) is 36.4 Å². The number of likely N-dealkylation sites (N-methyl/N-ethyl adjacent to an activating group) is 1. The first-order chi connectivity index (χ1) is 8.77. The fourth-order valence-electron chi connectivity index (χ4n) is 2.19. The summed E-state index contributed by atoms with van der Waals surface area (Å²) >= 11 is 1.61. The standard InChI is InChI=1S/C15H13NOS/c1-16-13-10-6-5-9-12(13)14(15(16)17)18-11-7-3-2-4-8-11/h2-10,14H,1H3. The second kappa shape index (κ2) is 4.50. The highest BCUT2D eigenvalue weighted by atomic mass is 32.2. The van der Waals surface area contributed by atoms with Crippen LogP contribution in [0.4, 0.5) is 5.69 Å². The van der Waals surface area contributed by atoms with Crippen LogP contribution in [-0.2, 0) is 4.79 Å². The van der Waals surface area contributed by atoms with Gasteiger partial charge >= 0.3 is 0 Å². The van der Waals surface area contributed by atoms with Crippen molar-refractivity contribution in [2.45, 2.75) is 10.1 Å². The van der Waals surface area contributed by atoms with Crippen LogP contribution in [0.15, 0.2) is 59.5 Å². The molecule has 2 aromatic carbocycles. The molecule has 0 radical (unpaired) electrons. The van der Waals surface area contributed by atoms with E-state index in [0.29, 0.717) is 0 Å². The summed E-state index contributed by atoms with van der Waals surface area (Å²) in [4.78, 5) is 15.1. The minimum Gasteiger partial charge on any atom is -0.314 e. The van der Waals surface area contributed by atoms with E-state index in [-0.39, 0.29) is 11.2 Å². The molecular weight excluding hydrogens is 242 g/mol. The van der Waals surface area contributed by atoms with Crippen molar-refractivity contribution in [1.29, 1.82) is 0 Å². The number of thioether (sulfide) groups is 1. The third kappa shape index (κ3) is 1.81. The molecule has 90 valence electrons. The van der Waals surface area contributed by atoms with Gasteiger partial charge in [-0.15, -0.1) is 11.8 Å². The van der Waals surface area contributed by atoms with Crippen molar-refractivity contribution in [1.82, 2.24) is 0 Å². The van der Waals surface area contributed by atoms with Crippen LogP contribution in [0.3, 0.4) is 0 Å². The van der Waals surface area contributed by atoms with Gasteiger partial charge in [0.25, 0.3) is 0 Å². The third-order valence-electron chi connectivity index (χ3n) is 3.13. The van der Waals surface area contributed by atoms with Gasteiger partial charge in [0.05, 0.1) is 0 Å². The molecule has 1 aliphatic heterocycles. The summed E-state index contributed by atoms with van der Waals surface area (Å²) in [5.41, 5.74) is 2.13. The van der Waals surface area contributed by atoms with Crippen LogP contribution in [-0.4, -0.2) is 13.0 Å². The quantitative estimate of drug-likeness (QED) is 0.818. The topological polar surface area (TPSA) is 20.3 Å². The molecule has 0 saturated carbocycles. The monoisotopic (exact) mass is 255 g/mol. The molecule has 0 spiro atoms. The molecule has 0 N–H and O–H groups in total. The van der Waals surface area contributed by atoms with Crippen molar-refractivity contribution in [2.75, 3.05) is 11.9 Å². The number of amides is 1. The van der Waals surface area contributed by atoms with Crippen LogP contribution < -0.4 is 4.90 Å². The predicted octanol–water partition coefficient (Wildman–Crippen LogP) is 3.50. The smallest absolute Gasteiger partial charge is 0.244 e. The lowest BCUT2D eigenvalue weighted by molar-refractivity contribution is -0.117. The molecule has 0 aliphatic carbocycles. The van der Waals surface area contributed by atoms with E-state index in [1.54, 1.807) is 16.7 Å². The number of rotatable bonds is 2. The Labute approximate surface area is 111 Å². The lowest BCUT2D eigenvalue weighted by Gasteiger charge is -2.10. The number of para-hydroxylation sites is 1. The average Bonchev–Trinajstić information content (AvgIpc) is 2.66. The summed E-state index contributed by atoms with van der Waals surface area (Å²) in [5.74, 6) is 0.157. The number of carbonyl (C=O) groups excluding carboxylic acids is 1. The summed E-state index contributed by atoms with van der Waals surface area (Å²) in [6.07, 6.45) is 0. The largest absolute Gasteiger partial charge is 0.314 e. The van der Waals surface area contributed by atoms with Gasteiger partial charge < -0.3 is 4.90 Å². The molecule has 1 atom stereocenters. The number of hydrogen-bond donors (Lipinski definition) is 0. The first kappa shape index (κ1) is 11.4. The lowest BCUT2D eigenvalue weighted by Crippen LogP contribution is -2.22. The van der Waals surface area contributed by atoms with E-state index in [1.165, 1.54) is 0 Å². The molecule has 0 aromatic heterocycles. The van der Waals surface area contributed by atoms with Gasteiger partial charge in [-0.3, -0.25) is 4.79 Å². The third-order valence-corrected chi connectivity index (χ3v) is 4.37. The van der Waals surface area contributed by atoms with Crippen molar-refractivity contribution in [3.63, 3.8) is 0 Å². The molecule has 3 heteroatoms. The van der Waals surface area contributed by atoms with Gasteiger partial charge in [-0.25, -0.2) is 0 Å². The van der Waals surface area contributed by atoms with Crippen LogP contribution in [0, 0.1) is 0 Å². The van der Waals surface area contributed by atoms with Crippen molar-refractivity contribution < 1.29 is 4.79 Å². The highest BCUT2D eigenvalue weighted by Gasteiger charge is 2.35. The number of nitrogens with zero attached hydrogens (tertiary/aromatic N) is 1. The zero-order valence-corrected chi connectivity index (χ0v) is 10.9. The highest BCUT2D eigenvalue weighted by Crippen LogP contribution is 2.45. The van der Waals surface area contributed by atoms with Crippen LogP contribution >= 0.6 is 11.8 Å². The fourth-order valence-corrected chi connectivity index (χ4v) is 3.36. The molecule has 0 fully saturated rings. The zero-order chi connectivity index (χ0) is 12.5. The Morgan fingerprint density at radius 3 is 2.44 bits per heavy atom. The Hall–Kier alpha value is -1.74. The Kier molecular flexibility index (Phi) is 2.84. The first-order valence-corrected chi connectivity index (χ1v) is 6.73. The molecule has 2 aromatic rings. The molecule has 1 amide bonds.